The number of ether oxygens (including phenoxy) is 1. The minimum absolute atomic E-state index is 0.396. The lowest BCUT2D eigenvalue weighted by Gasteiger charge is -2.07. The van der Waals surface area contributed by atoms with Gasteiger partial charge in [-0.3, -0.25) is 0 Å². The first-order valence-corrected chi connectivity index (χ1v) is 5.41. The van der Waals surface area contributed by atoms with Crippen molar-refractivity contribution in [3.8, 4) is 11.9 Å². The molecule has 0 radical (unpaired) electrons. The van der Waals surface area contributed by atoms with E-state index < -0.39 is 0 Å². The van der Waals surface area contributed by atoms with Crippen LogP contribution in [0.2, 0.25) is 0 Å². The van der Waals surface area contributed by atoms with E-state index in [4.69, 9.17) is 10.00 Å². The molecule has 0 aliphatic heterocycles. The minimum Gasteiger partial charge on any atom is -0.481 e. The number of nitrogens with zero attached hydrogens (tertiary/aromatic N) is 3. The molecule has 1 N–H and O–H groups in total. The van der Waals surface area contributed by atoms with Crippen molar-refractivity contribution in [3.05, 3.63) is 47.9 Å². The highest BCUT2D eigenvalue weighted by Crippen LogP contribution is 2.12. The summed E-state index contributed by atoms with van der Waals surface area (Å²) in [6.07, 6.45) is 3.30. The summed E-state index contributed by atoms with van der Waals surface area (Å²) in [5.74, 6) is 0.585. The summed E-state index contributed by atoms with van der Waals surface area (Å²) in [7, 11) is 1.58. The predicted octanol–water partition coefficient (Wildman–Crippen LogP) is 1.97. The average molecular weight is 240 g/mol. The molecule has 0 amide bonds. The molecule has 0 atom stereocenters. The van der Waals surface area contributed by atoms with Gasteiger partial charge in [0.25, 0.3) is 0 Å². The summed E-state index contributed by atoms with van der Waals surface area (Å²) in [6.45, 7) is 0.633. The Morgan fingerprint density at radius 1 is 1.28 bits per heavy atom. The Hall–Kier alpha value is -2.61. The van der Waals surface area contributed by atoms with Crippen LogP contribution in [0.3, 0.4) is 0 Å². The monoisotopic (exact) mass is 240 g/mol. The lowest BCUT2D eigenvalue weighted by molar-refractivity contribution is 0.397. The maximum absolute atomic E-state index is 8.75. The molecule has 0 saturated heterocycles. The first kappa shape index (κ1) is 11.9. The fourth-order valence-electron chi connectivity index (χ4n) is 1.48. The maximum atomic E-state index is 8.75. The predicted molar refractivity (Wildman–Crippen MR) is 67.1 cm³/mol. The fourth-order valence-corrected chi connectivity index (χ4v) is 1.48. The summed E-state index contributed by atoms with van der Waals surface area (Å²) in [6, 6.07) is 9.29. The van der Waals surface area contributed by atoms with E-state index in [1.54, 1.807) is 25.6 Å². The molecule has 2 aromatic heterocycles. The zero-order chi connectivity index (χ0) is 12.8. The number of rotatable bonds is 4. The lowest BCUT2D eigenvalue weighted by Crippen LogP contribution is -2.01. The Kier molecular flexibility index (Phi) is 3.72. The van der Waals surface area contributed by atoms with Crippen LogP contribution in [0.15, 0.2) is 36.7 Å². The Bertz CT molecular complexity index is 577. The first-order valence-electron chi connectivity index (χ1n) is 5.41. The largest absolute Gasteiger partial charge is 0.481 e. The Morgan fingerprint density at radius 3 is 2.89 bits per heavy atom. The van der Waals surface area contributed by atoms with Gasteiger partial charge in [-0.05, 0) is 23.8 Å². The van der Waals surface area contributed by atoms with Gasteiger partial charge >= 0.3 is 0 Å². The fraction of sp³-hybridized carbons (Fsp3) is 0.154. The van der Waals surface area contributed by atoms with Gasteiger partial charge in [0.1, 0.15) is 11.8 Å². The Morgan fingerprint density at radius 2 is 2.11 bits per heavy atom. The van der Waals surface area contributed by atoms with Crippen molar-refractivity contribution in [2.75, 3.05) is 12.4 Å². The van der Waals surface area contributed by atoms with Crippen LogP contribution in [0.4, 0.5) is 5.69 Å². The van der Waals surface area contributed by atoms with Crippen molar-refractivity contribution in [2.24, 2.45) is 0 Å². The molecule has 5 heteroatoms. The third-order valence-electron chi connectivity index (χ3n) is 2.38. The van der Waals surface area contributed by atoms with E-state index in [0.29, 0.717) is 18.1 Å². The van der Waals surface area contributed by atoms with Crippen molar-refractivity contribution in [3.63, 3.8) is 0 Å². The lowest BCUT2D eigenvalue weighted by atomic mass is 10.2. The van der Waals surface area contributed by atoms with Crippen LogP contribution in [0.5, 0.6) is 5.88 Å². The van der Waals surface area contributed by atoms with Gasteiger partial charge in [0.05, 0.1) is 7.11 Å². The van der Waals surface area contributed by atoms with Gasteiger partial charge in [0.2, 0.25) is 5.88 Å². The van der Waals surface area contributed by atoms with Crippen LogP contribution in [-0.4, -0.2) is 17.1 Å². The van der Waals surface area contributed by atoms with Crippen LogP contribution in [0.25, 0.3) is 0 Å². The summed E-state index contributed by atoms with van der Waals surface area (Å²) in [4.78, 5) is 7.95. The second-order valence-electron chi connectivity index (χ2n) is 3.60. The number of nitriles is 1. The molecule has 0 aliphatic rings. The summed E-state index contributed by atoms with van der Waals surface area (Å²) in [5.41, 5.74) is 2.31. The third-order valence-corrected chi connectivity index (χ3v) is 2.38. The van der Waals surface area contributed by atoms with E-state index in [9.17, 15) is 0 Å². The minimum atomic E-state index is 0.396. The molecule has 2 rings (SSSR count). The molecule has 2 aromatic rings. The van der Waals surface area contributed by atoms with Gasteiger partial charge < -0.3 is 10.1 Å². The van der Waals surface area contributed by atoms with Gasteiger partial charge in [-0.2, -0.15) is 5.26 Å². The van der Waals surface area contributed by atoms with Crippen LogP contribution >= 0.6 is 0 Å². The molecule has 0 aromatic carbocycles. The molecule has 0 fully saturated rings. The van der Waals surface area contributed by atoms with Crippen LogP contribution in [0.1, 0.15) is 11.3 Å². The summed E-state index contributed by atoms with van der Waals surface area (Å²) in [5, 5.41) is 12.0. The SMILES string of the molecule is COc1cc(CNc2ccnc(C#N)c2)ccn1. The molecule has 90 valence electrons. The maximum Gasteiger partial charge on any atom is 0.213 e. The number of anilines is 1. The normalized spacial score (nSPS) is 9.56. The summed E-state index contributed by atoms with van der Waals surface area (Å²) >= 11 is 0. The molecule has 18 heavy (non-hydrogen) atoms. The second kappa shape index (κ2) is 5.64. The van der Waals surface area contributed by atoms with E-state index in [-0.39, 0.29) is 0 Å². The van der Waals surface area contributed by atoms with Crippen molar-refractivity contribution >= 4 is 5.69 Å². The van der Waals surface area contributed by atoms with Gasteiger partial charge in [0, 0.05) is 30.7 Å². The van der Waals surface area contributed by atoms with Gasteiger partial charge in [-0.15, -0.1) is 0 Å². The smallest absolute Gasteiger partial charge is 0.213 e. The molecule has 0 bridgehead atoms. The quantitative estimate of drug-likeness (QED) is 0.884. The molecule has 0 saturated carbocycles. The van der Waals surface area contributed by atoms with Gasteiger partial charge in [-0.25, -0.2) is 9.97 Å². The molecule has 0 unspecified atom stereocenters. The van der Waals surface area contributed by atoms with Gasteiger partial charge in [-0.1, -0.05) is 0 Å². The molecular formula is C13H12N4O. The third kappa shape index (κ3) is 2.95. The topological polar surface area (TPSA) is 70.8 Å². The molecular weight excluding hydrogens is 228 g/mol. The standard InChI is InChI=1S/C13H12N4O/c1-18-13-6-10(2-4-16-13)9-17-11-3-5-15-12(7-11)8-14/h2-7H,9H2,1H3,(H,15,17). The summed E-state index contributed by atoms with van der Waals surface area (Å²) < 4.78 is 5.05. The Labute approximate surface area is 105 Å². The first-order chi connectivity index (χ1) is 8.81. The average Bonchev–Trinajstić information content (AvgIpc) is 2.45. The highest BCUT2D eigenvalue weighted by Gasteiger charge is 1.99. The molecule has 5 nitrogen and oxygen atoms in total. The van der Waals surface area contributed by atoms with Crippen molar-refractivity contribution < 1.29 is 4.74 Å². The number of nitrogens with one attached hydrogen (secondary N) is 1. The zero-order valence-electron chi connectivity index (χ0n) is 9.92. The van der Waals surface area contributed by atoms with Gasteiger partial charge in [0.15, 0.2) is 0 Å². The van der Waals surface area contributed by atoms with E-state index >= 15 is 0 Å². The highest BCUT2D eigenvalue weighted by atomic mass is 16.5. The number of methoxy groups -OCH3 is 1. The van der Waals surface area contributed by atoms with Crippen molar-refractivity contribution in [1.82, 2.24) is 9.97 Å². The highest BCUT2D eigenvalue weighted by molar-refractivity contribution is 5.46. The number of hydrogen-bond donors (Lipinski definition) is 1. The molecule has 0 spiro atoms. The Balaban J connectivity index is 2.04. The van der Waals surface area contributed by atoms with E-state index in [2.05, 4.69) is 15.3 Å². The molecule has 2 heterocycles. The second-order valence-corrected chi connectivity index (χ2v) is 3.60. The number of aromatic nitrogens is 2. The van der Waals surface area contributed by atoms with E-state index in [0.717, 1.165) is 11.3 Å². The number of pyridine rings is 2. The number of hydrogen-bond acceptors (Lipinski definition) is 5. The zero-order valence-corrected chi connectivity index (χ0v) is 9.92. The van der Waals surface area contributed by atoms with E-state index in [1.165, 1.54) is 0 Å². The molecule has 0 aliphatic carbocycles. The van der Waals surface area contributed by atoms with E-state index in [1.807, 2.05) is 24.3 Å². The van der Waals surface area contributed by atoms with Crippen molar-refractivity contribution in [1.29, 1.82) is 5.26 Å². The van der Waals surface area contributed by atoms with Crippen LogP contribution in [-0.2, 0) is 6.54 Å². The van der Waals surface area contributed by atoms with Crippen LogP contribution < -0.4 is 10.1 Å². The van der Waals surface area contributed by atoms with Crippen LogP contribution in [0, 0.1) is 11.3 Å². The van der Waals surface area contributed by atoms with Crippen molar-refractivity contribution in [2.45, 2.75) is 6.54 Å².